The summed E-state index contributed by atoms with van der Waals surface area (Å²) in [6, 6.07) is -0.113. The SMILES string of the molecule is CN(CC1CCOCC1)C(CO)CO. The number of ether oxygens (including phenoxy) is 1. The van der Waals surface area contributed by atoms with E-state index in [-0.39, 0.29) is 19.3 Å². The van der Waals surface area contributed by atoms with Gasteiger partial charge in [0.1, 0.15) is 0 Å². The van der Waals surface area contributed by atoms with Crippen molar-refractivity contribution in [3.05, 3.63) is 0 Å². The molecule has 1 aliphatic heterocycles. The minimum atomic E-state index is -0.113. The van der Waals surface area contributed by atoms with Crippen molar-refractivity contribution in [2.75, 3.05) is 40.0 Å². The van der Waals surface area contributed by atoms with Gasteiger partial charge in [-0.1, -0.05) is 0 Å². The third kappa shape index (κ3) is 3.53. The average molecular weight is 203 g/mol. The minimum Gasteiger partial charge on any atom is -0.395 e. The Hall–Kier alpha value is -0.160. The topological polar surface area (TPSA) is 52.9 Å². The molecule has 0 radical (unpaired) electrons. The van der Waals surface area contributed by atoms with Crippen LogP contribution in [0.3, 0.4) is 0 Å². The number of aliphatic hydroxyl groups is 2. The van der Waals surface area contributed by atoms with Crippen molar-refractivity contribution >= 4 is 0 Å². The molecule has 0 aromatic rings. The van der Waals surface area contributed by atoms with Crippen molar-refractivity contribution in [3.63, 3.8) is 0 Å². The lowest BCUT2D eigenvalue weighted by Crippen LogP contribution is -2.41. The third-order valence-electron chi connectivity index (χ3n) is 2.93. The number of nitrogens with zero attached hydrogens (tertiary/aromatic N) is 1. The highest BCUT2D eigenvalue weighted by Crippen LogP contribution is 2.16. The van der Waals surface area contributed by atoms with E-state index >= 15 is 0 Å². The summed E-state index contributed by atoms with van der Waals surface area (Å²) < 4.78 is 5.28. The molecule has 0 amide bonds. The van der Waals surface area contributed by atoms with E-state index in [2.05, 4.69) is 0 Å². The standard InChI is InChI=1S/C10H21NO3/c1-11(10(7-12)8-13)6-9-2-4-14-5-3-9/h9-10,12-13H,2-8H2,1H3. The first-order valence-electron chi connectivity index (χ1n) is 5.27. The molecule has 4 heteroatoms. The smallest absolute Gasteiger partial charge is 0.0609 e. The van der Waals surface area contributed by atoms with Gasteiger partial charge in [0.05, 0.1) is 19.3 Å². The second-order valence-electron chi connectivity index (χ2n) is 4.01. The van der Waals surface area contributed by atoms with Crippen molar-refractivity contribution in [1.82, 2.24) is 4.90 Å². The Morgan fingerprint density at radius 3 is 2.36 bits per heavy atom. The molecule has 4 nitrogen and oxygen atoms in total. The summed E-state index contributed by atoms with van der Waals surface area (Å²) in [6.45, 7) is 2.68. The van der Waals surface area contributed by atoms with Crippen LogP contribution in [0.5, 0.6) is 0 Å². The maximum Gasteiger partial charge on any atom is 0.0609 e. The summed E-state index contributed by atoms with van der Waals surface area (Å²) in [5.41, 5.74) is 0. The third-order valence-corrected chi connectivity index (χ3v) is 2.93. The van der Waals surface area contributed by atoms with Crippen LogP contribution < -0.4 is 0 Å². The largest absolute Gasteiger partial charge is 0.395 e. The maximum atomic E-state index is 9.00. The van der Waals surface area contributed by atoms with Crippen LogP contribution in [0.25, 0.3) is 0 Å². The molecular formula is C10H21NO3. The predicted octanol–water partition coefficient (Wildman–Crippen LogP) is -0.302. The molecule has 0 aromatic heterocycles. The van der Waals surface area contributed by atoms with E-state index in [0.717, 1.165) is 32.6 Å². The van der Waals surface area contributed by atoms with E-state index in [1.807, 2.05) is 11.9 Å². The molecule has 0 aromatic carbocycles. The van der Waals surface area contributed by atoms with Gasteiger partial charge in [0, 0.05) is 19.8 Å². The summed E-state index contributed by atoms with van der Waals surface area (Å²) in [6.07, 6.45) is 2.18. The Kier molecular flexibility index (Phi) is 5.40. The molecule has 0 spiro atoms. The van der Waals surface area contributed by atoms with E-state index in [1.54, 1.807) is 0 Å². The van der Waals surface area contributed by atoms with Crippen molar-refractivity contribution in [1.29, 1.82) is 0 Å². The van der Waals surface area contributed by atoms with E-state index in [0.29, 0.717) is 5.92 Å². The highest BCUT2D eigenvalue weighted by Gasteiger charge is 2.19. The Morgan fingerprint density at radius 2 is 1.86 bits per heavy atom. The van der Waals surface area contributed by atoms with E-state index in [9.17, 15) is 0 Å². The molecule has 0 bridgehead atoms. The fraction of sp³-hybridized carbons (Fsp3) is 1.00. The van der Waals surface area contributed by atoms with Crippen LogP contribution in [0.4, 0.5) is 0 Å². The number of hydrogen-bond acceptors (Lipinski definition) is 4. The first kappa shape index (κ1) is 11.9. The fourth-order valence-corrected chi connectivity index (χ4v) is 1.82. The van der Waals surface area contributed by atoms with Gasteiger partial charge in [-0.25, -0.2) is 0 Å². The summed E-state index contributed by atoms with van der Waals surface area (Å²) in [5.74, 6) is 0.648. The van der Waals surface area contributed by atoms with Gasteiger partial charge < -0.3 is 14.9 Å². The summed E-state index contributed by atoms with van der Waals surface area (Å²) in [5, 5.41) is 18.0. The van der Waals surface area contributed by atoms with Crippen LogP contribution in [-0.4, -0.2) is 61.2 Å². The van der Waals surface area contributed by atoms with Gasteiger partial charge in [-0.15, -0.1) is 0 Å². The van der Waals surface area contributed by atoms with Crippen LogP contribution in [0.1, 0.15) is 12.8 Å². The molecule has 1 aliphatic rings. The van der Waals surface area contributed by atoms with Crippen molar-refractivity contribution in [2.24, 2.45) is 5.92 Å². The van der Waals surface area contributed by atoms with Crippen LogP contribution in [0, 0.1) is 5.92 Å². The lowest BCUT2D eigenvalue weighted by atomic mass is 9.99. The zero-order valence-electron chi connectivity index (χ0n) is 8.85. The van der Waals surface area contributed by atoms with Crippen LogP contribution in [0.15, 0.2) is 0 Å². The quantitative estimate of drug-likeness (QED) is 0.644. The Bertz CT molecular complexity index is 144. The molecule has 1 saturated heterocycles. The first-order valence-corrected chi connectivity index (χ1v) is 5.27. The molecule has 0 saturated carbocycles. The first-order chi connectivity index (χ1) is 6.77. The lowest BCUT2D eigenvalue weighted by Gasteiger charge is -2.30. The molecule has 1 heterocycles. The monoisotopic (exact) mass is 203 g/mol. The molecule has 1 fully saturated rings. The average Bonchev–Trinajstić information content (AvgIpc) is 2.21. The predicted molar refractivity (Wildman–Crippen MR) is 54.1 cm³/mol. The lowest BCUT2D eigenvalue weighted by molar-refractivity contribution is 0.0343. The zero-order valence-corrected chi connectivity index (χ0v) is 8.85. The maximum absolute atomic E-state index is 9.00. The molecular weight excluding hydrogens is 182 g/mol. The summed E-state index contributed by atoms with van der Waals surface area (Å²) in [7, 11) is 1.95. The summed E-state index contributed by atoms with van der Waals surface area (Å²) in [4.78, 5) is 2.04. The van der Waals surface area contributed by atoms with Crippen molar-refractivity contribution in [3.8, 4) is 0 Å². The normalized spacial score (nSPS) is 19.5. The van der Waals surface area contributed by atoms with Gasteiger partial charge in [0.2, 0.25) is 0 Å². The molecule has 0 aliphatic carbocycles. The van der Waals surface area contributed by atoms with Gasteiger partial charge >= 0.3 is 0 Å². The van der Waals surface area contributed by atoms with E-state index < -0.39 is 0 Å². The van der Waals surface area contributed by atoms with Crippen molar-refractivity contribution < 1.29 is 14.9 Å². The molecule has 0 unspecified atom stereocenters. The van der Waals surface area contributed by atoms with Crippen molar-refractivity contribution in [2.45, 2.75) is 18.9 Å². The number of likely N-dealkylation sites (N-methyl/N-ethyl adjacent to an activating group) is 1. The highest BCUT2D eigenvalue weighted by molar-refractivity contribution is 4.72. The second kappa shape index (κ2) is 6.35. The number of rotatable bonds is 5. The number of aliphatic hydroxyl groups excluding tert-OH is 2. The molecule has 84 valence electrons. The summed E-state index contributed by atoms with van der Waals surface area (Å²) >= 11 is 0. The Labute approximate surface area is 85.5 Å². The zero-order chi connectivity index (χ0) is 10.4. The van der Waals surface area contributed by atoms with Gasteiger partial charge in [-0.05, 0) is 25.8 Å². The Balaban J connectivity index is 2.26. The van der Waals surface area contributed by atoms with E-state index in [4.69, 9.17) is 14.9 Å². The molecule has 0 atom stereocenters. The van der Waals surface area contributed by atoms with Gasteiger partial charge in [-0.3, -0.25) is 4.90 Å². The van der Waals surface area contributed by atoms with Gasteiger partial charge in [0.15, 0.2) is 0 Å². The van der Waals surface area contributed by atoms with E-state index in [1.165, 1.54) is 0 Å². The molecule has 1 rings (SSSR count). The molecule has 2 N–H and O–H groups in total. The van der Waals surface area contributed by atoms with Crippen LogP contribution in [0.2, 0.25) is 0 Å². The fourth-order valence-electron chi connectivity index (χ4n) is 1.82. The Morgan fingerprint density at radius 1 is 1.29 bits per heavy atom. The van der Waals surface area contributed by atoms with Crippen LogP contribution in [-0.2, 0) is 4.74 Å². The van der Waals surface area contributed by atoms with Gasteiger partial charge in [0.25, 0.3) is 0 Å². The number of hydrogen-bond donors (Lipinski definition) is 2. The molecule has 14 heavy (non-hydrogen) atoms. The van der Waals surface area contributed by atoms with Crippen LogP contribution >= 0.6 is 0 Å². The van der Waals surface area contributed by atoms with Gasteiger partial charge in [-0.2, -0.15) is 0 Å². The highest BCUT2D eigenvalue weighted by atomic mass is 16.5. The minimum absolute atomic E-state index is 0.0240. The second-order valence-corrected chi connectivity index (χ2v) is 4.01.